The number of ether oxygens (including phenoxy) is 2. The van der Waals surface area contributed by atoms with Gasteiger partial charge in [-0.3, -0.25) is 4.57 Å². The zero-order valence-corrected chi connectivity index (χ0v) is 12.9. The summed E-state index contributed by atoms with van der Waals surface area (Å²) in [5, 5.41) is -1.24. The second-order valence-electron chi connectivity index (χ2n) is 3.64. The van der Waals surface area contributed by atoms with Crippen LogP contribution in [0.3, 0.4) is 0 Å². The smallest absolute Gasteiger partial charge is 0.336 e. The van der Waals surface area contributed by atoms with Crippen LogP contribution in [0.15, 0.2) is 0 Å². The Balaban J connectivity index is 5.56. The predicted octanol–water partition coefficient (Wildman–Crippen LogP) is 0.0349. The molecule has 0 aromatic heterocycles. The molecule has 0 radical (unpaired) electrons. The van der Waals surface area contributed by atoms with Crippen LogP contribution in [0, 0.1) is 0 Å². The van der Waals surface area contributed by atoms with Gasteiger partial charge in [-0.05, 0) is 12.8 Å². The maximum atomic E-state index is 11.6. The molecule has 0 amide bonds. The Kier molecular flexibility index (Phi) is 5.18. The molecule has 0 aliphatic carbocycles. The molecule has 0 saturated heterocycles. The molecule has 2 N–H and O–H groups in total. The fraction of sp³-hybridized carbons (Fsp3) is 1.00. The minimum absolute atomic E-state index is 0.318. The molecule has 0 spiro atoms. The second-order valence-corrected chi connectivity index (χ2v) is 6.90. The van der Waals surface area contributed by atoms with Crippen molar-refractivity contribution in [2.45, 2.75) is 37.3 Å². The highest BCUT2D eigenvalue weighted by molar-refractivity contribution is 7.53. The molecule has 0 atom stereocenters. The van der Waals surface area contributed by atoms with E-state index in [-0.39, 0.29) is 0 Å². The molecule has 0 aliphatic heterocycles. The minimum atomic E-state index is -4.28. The molecule has 0 aromatic carbocycles. The van der Waals surface area contributed by atoms with E-state index < -0.39 is 18.2 Å². The Morgan fingerprint density at radius 2 is 1.53 bits per heavy atom. The lowest BCUT2D eigenvalue weighted by atomic mass is 10.0. The normalized spacial score (nSPS) is 14.5. The van der Waals surface area contributed by atoms with Crippen LogP contribution in [0.2, 0.25) is 0 Å². The van der Waals surface area contributed by atoms with Gasteiger partial charge in [0, 0.05) is 14.2 Å². The largest absolute Gasteiger partial charge is 0.357 e. The topological polar surface area (TPSA) is 76.0 Å². The van der Waals surface area contributed by atoms with E-state index in [4.69, 9.17) is 9.47 Å². The summed E-state index contributed by atoms with van der Waals surface area (Å²) in [7, 11) is -1.04. The van der Waals surface area contributed by atoms with Crippen molar-refractivity contribution in [3.05, 3.63) is 0 Å². The first-order valence-corrected chi connectivity index (χ1v) is 7.51. The number of hydrogen-bond acceptors (Lipinski definition) is 3. The number of hydrogen-bond donors (Lipinski definition) is 2. The molecule has 7 heteroatoms. The Morgan fingerprint density at radius 1 is 1.20 bits per heavy atom. The minimum Gasteiger partial charge on any atom is -0.357 e. The summed E-state index contributed by atoms with van der Waals surface area (Å²) in [4.78, 5) is 19.0. The molecule has 0 aliphatic rings. The van der Waals surface area contributed by atoms with Gasteiger partial charge in [-0.2, -0.15) is 0 Å². The SMILES string of the molecule is CCC(CC)(C([SiH3])(OC)OC)P(=O)(O)O. The highest BCUT2D eigenvalue weighted by atomic mass is 31.2. The fourth-order valence-electron chi connectivity index (χ4n) is 2.03. The molecule has 15 heavy (non-hydrogen) atoms. The summed E-state index contributed by atoms with van der Waals surface area (Å²) in [6.07, 6.45) is 0.637. The third-order valence-electron chi connectivity index (χ3n) is 3.35. The van der Waals surface area contributed by atoms with E-state index in [2.05, 4.69) is 0 Å². The first-order valence-electron chi connectivity index (χ1n) is 4.90. The van der Waals surface area contributed by atoms with Crippen LogP contribution in [-0.4, -0.2) is 44.8 Å². The summed E-state index contributed by atoms with van der Waals surface area (Å²) < 4.78 is 22.1. The Hall–Kier alpha value is 0.287. The Bertz CT molecular complexity index is 243. The Morgan fingerprint density at radius 3 is 1.60 bits per heavy atom. The Labute approximate surface area is 93.7 Å². The van der Waals surface area contributed by atoms with Gasteiger partial charge in [0.2, 0.25) is 0 Å². The van der Waals surface area contributed by atoms with Crippen molar-refractivity contribution in [1.29, 1.82) is 0 Å². The average Bonchev–Trinajstić information content (AvgIpc) is 2.17. The van der Waals surface area contributed by atoms with Crippen molar-refractivity contribution >= 4 is 17.8 Å². The van der Waals surface area contributed by atoms with Gasteiger partial charge in [0.1, 0.15) is 5.16 Å². The van der Waals surface area contributed by atoms with E-state index in [1.807, 2.05) is 0 Å². The summed E-state index contributed by atoms with van der Waals surface area (Å²) in [6.45, 7) is 3.49. The molecule has 5 nitrogen and oxygen atoms in total. The molecule has 0 unspecified atom stereocenters. The highest BCUT2D eigenvalue weighted by Crippen LogP contribution is 2.59. The monoisotopic (exact) mass is 256 g/mol. The highest BCUT2D eigenvalue weighted by Gasteiger charge is 2.58. The quantitative estimate of drug-likeness (QED) is 0.398. The van der Waals surface area contributed by atoms with Crippen molar-refractivity contribution < 1.29 is 23.8 Å². The number of rotatable bonds is 6. The van der Waals surface area contributed by atoms with Gasteiger partial charge in [0.15, 0.2) is 5.41 Å². The van der Waals surface area contributed by atoms with Crippen LogP contribution in [-0.2, 0) is 14.0 Å². The average molecular weight is 256 g/mol. The van der Waals surface area contributed by atoms with Gasteiger partial charge >= 0.3 is 7.60 Å². The summed E-state index contributed by atoms with van der Waals surface area (Å²) in [6, 6.07) is 0. The first kappa shape index (κ1) is 15.3. The molecule has 0 rings (SSSR count). The van der Waals surface area contributed by atoms with E-state index in [9.17, 15) is 14.4 Å². The van der Waals surface area contributed by atoms with Crippen LogP contribution >= 0.6 is 7.60 Å². The van der Waals surface area contributed by atoms with Crippen molar-refractivity contribution in [3.8, 4) is 0 Å². The molecule has 0 saturated carbocycles. The van der Waals surface area contributed by atoms with Crippen molar-refractivity contribution in [2.75, 3.05) is 14.2 Å². The van der Waals surface area contributed by atoms with Gasteiger partial charge in [-0.1, -0.05) is 13.8 Å². The van der Waals surface area contributed by atoms with Crippen molar-refractivity contribution in [2.24, 2.45) is 0 Å². The molecule has 0 fully saturated rings. The molecular formula is C8H21O5PSi. The number of methoxy groups -OCH3 is 2. The fourth-order valence-corrected chi connectivity index (χ4v) is 5.15. The van der Waals surface area contributed by atoms with E-state index >= 15 is 0 Å². The molecular weight excluding hydrogens is 235 g/mol. The van der Waals surface area contributed by atoms with Gasteiger partial charge in [-0.25, -0.2) is 0 Å². The van der Waals surface area contributed by atoms with E-state index in [0.717, 1.165) is 0 Å². The van der Waals surface area contributed by atoms with E-state index in [1.165, 1.54) is 14.2 Å². The molecule has 0 aromatic rings. The summed E-state index contributed by atoms with van der Waals surface area (Å²) >= 11 is 0. The lowest BCUT2D eigenvalue weighted by Crippen LogP contribution is -2.56. The van der Waals surface area contributed by atoms with E-state index in [1.54, 1.807) is 13.8 Å². The zero-order chi connectivity index (χ0) is 12.3. The maximum absolute atomic E-state index is 11.6. The van der Waals surface area contributed by atoms with Crippen LogP contribution in [0.4, 0.5) is 0 Å². The van der Waals surface area contributed by atoms with E-state index in [0.29, 0.717) is 23.1 Å². The standard InChI is InChI=1S/C8H21O5PSi/c1-5-7(6-2,14(9,10)11)8(15,12-3)13-4/h5-6H2,1-4,15H3,(H2,9,10,11). The lowest BCUT2D eigenvalue weighted by molar-refractivity contribution is -0.172. The summed E-state index contributed by atoms with van der Waals surface area (Å²) in [5.41, 5.74) is -1.14. The second kappa shape index (κ2) is 5.08. The van der Waals surface area contributed by atoms with Gasteiger partial charge in [0.05, 0.1) is 10.2 Å². The zero-order valence-electron chi connectivity index (χ0n) is 9.98. The molecule has 92 valence electrons. The first-order chi connectivity index (χ1) is 6.74. The summed E-state index contributed by atoms with van der Waals surface area (Å²) in [5.74, 6) is 0. The van der Waals surface area contributed by atoms with Crippen LogP contribution in [0.5, 0.6) is 0 Å². The molecule has 0 bridgehead atoms. The van der Waals surface area contributed by atoms with Crippen LogP contribution in [0.25, 0.3) is 0 Å². The molecule has 0 heterocycles. The third-order valence-corrected chi connectivity index (χ3v) is 7.70. The van der Waals surface area contributed by atoms with Gasteiger partial charge in [0.25, 0.3) is 0 Å². The van der Waals surface area contributed by atoms with Crippen LogP contribution in [0.1, 0.15) is 26.7 Å². The van der Waals surface area contributed by atoms with Gasteiger partial charge < -0.3 is 19.3 Å². The lowest BCUT2D eigenvalue weighted by Gasteiger charge is -2.45. The predicted molar refractivity (Wildman–Crippen MR) is 62.0 cm³/mol. The maximum Gasteiger partial charge on any atom is 0.336 e. The third kappa shape index (κ3) is 2.35. The van der Waals surface area contributed by atoms with Crippen LogP contribution < -0.4 is 0 Å². The van der Waals surface area contributed by atoms with Crippen molar-refractivity contribution in [1.82, 2.24) is 0 Å². The van der Waals surface area contributed by atoms with Gasteiger partial charge in [-0.15, -0.1) is 0 Å². The van der Waals surface area contributed by atoms with Crippen molar-refractivity contribution in [3.63, 3.8) is 0 Å².